The van der Waals surface area contributed by atoms with E-state index in [1.165, 1.54) is 69.2 Å². The fourth-order valence-electron chi connectivity index (χ4n) is 10.2. The first-order valence-corrected chi connectivity index (χ1v) is 16.0. The van der Waals surface area contributed by atoms with Gasteiger partial charge in [0.2, 0.25) is 0 Å². The SMILES string of the molecule is CC(C)CCCC(C)C1CCC2C3CCC4Cc5nc6c(Cl)ccc(Cl)c6nc5CC4(C)C3CCC12C. The monoisotopic (exact) mass is 540 g/mol. The molecule has 1 aromatic carbocycles. The molecule has 37 heavy (non-hydrogen) atoms. The molecule has 6 rings (SSSR count). The summed E-state index contributed by atoms with van der Waals surface area (Å²) in [6.07, 6.45) is 14.9. The number of aromatic nitrogens is 2. The second-order valence-corrected chi connectivity index (χ2v) is 15.2. The summed E-state index contributed by atoms with van der Waals surface area (Å²) < 4.78 is 0. The van der Waals surface area contributed by atoms with Crippen LogP contribution in [0.2, 0.25) is 10.0 Å². The van der Waals surface area contributed by atoms with Gasteiger partial charge in [0.05, 0.1) is 21.4 Å². The highest BCUT2D eigenvalue weighted by molar-refractivity contribution is 6.39. The van der Waals surface area contributed by atoms with Crippen LogP contribution < -0.4 is 0 Å². The van der Waals surface area contributed by atoms with Crippen LogP contribution in [0.15, 0.2) is 12.1 Å². The first-order valence-electron chi connectivity index (χ1n) is 15.3. The molecule has 0 radical (unpaired) electrons. The van der Waals surface area contributed by atoms with Crippen LogP contribution >= 0.6 is 23.2 Å². The first-order chi connectivity index (χ1) is 17.6. The lowest BCUT2D eigenvalue weighted by Crippen LogP contribution is -2.54. The van der Waals surface area contributed by atoms with Crippen molar-refractivity contribution in [3.05, 3.63) is 33.6 Å². The molecule has 202 valence electrons. The largest absolute Gasteiger partial charge is 0.248 e. The predicted octanol–water partition coefficient (Wildman–Crippen LogP) is 9.97. The van der Waals surface area contributed by atoms with Crippen molar-refractivity contribution in [2.75, 3.05) is 0 Å². The predicted molar refractivity (Wildman–Crippen MR) is 156 cm³/mol. The highest BCUT2D eigenvalue weighted by atomic mass is 35.5. The maximum absolute atomic E-state index is 6.56. The molecule has 4 aliphatic carbocycles. The average Bonchev–Trinajstić information content (AvgIpc) is 3.21. The van der Waals surface area contributed by atoms with Gasteiger partial charge in [-0.15, -0.1) is 0 Å². The number of halogens is 2. The number of fused-ring (bicyclic) bond motifs is 7. The van der Waals surface area contributed by atoms with Crippen molar-refractivity contribution in [1.82, 2.24) is 9.97 Å². The molecular formula is C33H46Cl2N2. The Morgan fingerprint density at radius 2 is 1.51 bits per heavy atom. The summed E-state index contributed by atoms with van der Waals surface area (Å²) in [5, 5.41) is 1.32. The molecule has 1 aromatic heterocycles. The molecule has 0 spiro atoms. The Morgan fingerprint density at radius 1 is 0.838 bits per heavy atom. The van der Waals surface area contributed by atoms with Crippen LogP contribution in [0.5, 0.6) is 0 Å². The number of hydrogen-bond donors (Lipinski definition) is 0. The zero-order valence-electron chi connectivity index (χ0n) is 23.6. The van der Waals surface area contributed by atoms with Crippen molar-refractivity contribution in [3.8, 4) is 0 Å². The molecule has 8 atom stereocenters. The zero-order valence-corrected chi connectivity index (χ0v) is 25.1. The molecule has 0 N–H and O–H groups in total. The Morgan fingerprint density at radius 3 is 2.22 bits per heavy atom. The van der Waals surface area contributed by atoms with Crippen LogP contribution in [0.1, 0.15) is 104 Å². The van der Waals surface area contributed by atoms with Crippen LogP contribution in [0.3, 0.4) is 0 Å². The van der Waals surface area contributed by atoms with E-state index in [1.54, 1.807) is 0 Å². The molecule has 0 amide bonds. The molecule has 0 saturated heterocycles. The third-order valence-electron chi connectivity index (χ3n) is 12.1. The molecule has 8 unspecified atom stereocenters. The quantitative estimate of drug-likeness (QED) is 0.376. The summed E-state index contributed by atoms with van der Waals surface area (Å²) in [4.78, 5) is 10.2. The summed E-state index contributed by atoms with van der Waals surface area (Å²) in [6, 6.07) is 3.71. The van der Waals surface area contributed by atoms with E-state index in [0.29, 0.717) is 26.8 Å². The third kappa shape index (κ3) is 4.26. The third-order valence-corrected chi connectivity index (χ3v) is 12.7. The molecule has 2 aromatic rings. The summed E-state index contributed by atoms with van der Waals surface area (Å²) in [7, 11) is 0. The Kier molecular flexibility index (Phi) is 6.88. The van der Waals surface area contributed by atoms with Crippen molar-refractivity contribution in [3.63, 3.8) is 0 Å². The summed E-state index contributed by atoms with van der Waals surface area (Å²) in [5.74, 6) is 5.97. The van der Waals surface area contributed by atoms with Gasteiger partial charge in [-0.3, -0.25) is 0 Å². The molecule has 1 heterocycles. The van der Waals surface area contributed by atoms with E-state index >= 15 is 0 Å². The van der Waals surface area contributed by atoms with Gasteiger partial charge in [-0.2, -0.15) is 0 Å². The fraction of sp³-hybridized carbons (Fsp3) is 0.758. The highest BCUT2D eigenvalue weighted by Crippen LogP contribution is 2.68. The standard InChI is InChI=1S/C33H46Cl2N2/c1-19(2)7-6-8-20(3)23-11-12-24-22-10-9-21-17-28-29(18-33(21,5)25(22)15-16-32(23,24)4)37-31-27(35)14-13-26(34)30(31)36-28/h13-14,19-25H,6-12,15-18H2,1-5H3. The summed E-state index contributed by atoms with van der Waals surface area (Å²) >= 11 is 13.1. The van der Waals surface area contributed by atoms with Gasteiger partial charge in [-0.1, -0.05) is 77.1 Å². The lowest BCUT2D eigenvalue weighted by Gasteiger charge is -2.60. The molecule has 0 aliphatic heterocycles. The lowest BCUT2D eigenvalue weighted by molar-refractivity contribution is -0.104. The average molecular weight is 542 g/mol. The topological polar surface area (TPSA) is 25.8 Å². The van der Waals surface area contributed by atoms with Crippen LogP contribution in [-0.4, -0.2) is 9.97 Å². The van der Waals surface area contributed by atoms with E-state index in [4.69, 9.17) is 33.2 Å². The van der Waals surface area contributed by atoms with E-state index in [9.17, 15) is 0 Å². The summed E-state index contributed by atoms with van der Waals surface area (Å²) in [6.45, 7) is 12.7. The van der Waals surface area contributed by atoms with Gasteiger partial charge in [-0.25, -0.2) is 9.97 Å². The van der Waals surface area contributed by atoms with Gasteiger partial charge >= 0.3 is 0 Å². The minimum atomic E-state index is 0.325. The van der Waals surface area contributed by atoms with Crippen molar-refractivity contribution in [1.29, 1.82) is 0 Å². The van der Waals surface area contributed by atoms with Crippen LogP contribution in [-0.2, 0) is 12.8 Å². The van der Waals surface area contributed by atoms with Crippen molar-refractivity contribution in [2.24, 2.45) is 52.3 Å². The van der Waals surface area contributed by atoms with Gasteiger partial charge in [0.25, 0.3) is 0 Å². The van der Waals surface area contributed by atoms with Crippen molar-refractivity contribution >= 4 is 34.2 Å². The second-order valence-electron chi connectivity index (χ2n) is 14.4. The number of nitrogens with zero attached hydrogens (tertiary/aromatic N) is 2. The zero-order chi connectivity index (χ0) is 26.1. The molecular weight excluding hydrogens is 495 g/mol. The lowest BCUT2D eigenvalue weighted by atomic mass is 9.44. The Balaban J connectivity index is 1.25. The van der Waals surface area contributed by atoms with E-state index in [2.05, 4.69) is 34.6 Å². The molecule has 2 nitrogen and oxygen atoms in total. The minimum absolute atomic E-state index is 0.325. The fourth-order valence-corrected chi connectivity index (χ4v) is 10.6. The molecule has 3 saturated carbocycles. The molecule has 3 fully saturated rings. The van der Waals surface area contributed by atoms with Gasteiger partial charge in [0.15, 0.2) is 0 Å². The first kappa shape index (κ1) is 26.4. The van der Waals surface area contributed by atoms with Crippen LogP contribution in [0.4, 0.5) is 0 Å². The molecule has 4 aliphatic rings. The van der Waals surface area contributed by atoms with E-state index < -0.39 is 0 Å². The second kappa shape index (κ2) is 9.65. The van der Waals surface area contributed by atoms with Crippen molar-refractivity contribution in [2.45, 2.75) is 105 Å². The van der Waals surface area contributed by atoms with E-state index in [-0.39, 0.29) is 0 Å². The van der Waals surface area contributed by atoms with Gasteiger partial charge in [0, 0.05) is 0 Å². The van der Waals surface area contributed by atoms with Gasteiger partial charge in [0.1, 0.15) is 11.0 Å². The highest BCUT2D eigenvalue weighted by Gasteiger charge is 2.60. The smallest absolute Gasteiger partial charge is 0.109 e. The Labute approximate surface area is 234 Å². The van der Waals surface area contributed by atoms with Crippen LogP contribution in [0, 0.1) is 52.3 Å². The number of benzene rings is 1. The van der Waals surface area contributed by atoms with E-state index in [1.807, 2.05) is 12.1 Å². The van der Waals surface area contributed by atoms with Crippen LogP contribution in [0.25, 0.3) is 11.0 Å². The minimum Gasteiger partial charge on any atom is -0.248 e. The maximum atomic E-state index is 6.56. The Bertz CT molecular complexity index is 1180. The number of rotatable bonds is 5. The normalized spacial score (nSPS) is 37.7. The van der Waals surface area contributed by atoms with Crippen molar-refractivity contribution < 1.29 is 0 Å². The van der Waals surface area contributed by atoms with E-state index in [0.717, 1.165) is 59.4 Å². The van der Waals surface area contributed by atoms with Gasteiger partial charge < -0.3 is 0 Å². The van der Waals surface area contributed by atoms with Gasteiger partial charge in [-0.05, 0) is 116 Å². The maximum Gasteiger partial charge on any atom is 0.109 e. The Hall–Kier alpha value is -0.860. The molecule has 4 heteroatoms. The molecule has 0 bridgehead atoms. The summed E-state index contributed by atoms with van der Waals surface area (Å²) in [5.41, 5.74) is 4.80. The number of hydrogen-bond acceptors (Lipinski definition) is 2.